The van der Waals surface area contributed by atoms with E-state index in [0.29, 0.717) is 5.92 Å². The second kappa shape index (κ2) is 17.0. The summed E-state index contributed by atoms with van der Waals surface area (Å²) in [6.07, 6.45) is 9.08. The highest BCUT2D eigenvalue weighted by Crippen LogP contribution is 2.49. The van der Waals surface area contributed by atoms with Gasteiger partial charge in [0.1, 0.15) is 0 Å². The van der Waals surface area contributed by atoms with E-state index in [1.165, 1.54) is 82.2 Å². The number of para-hydroxylation sites is 1. The average molecular weight is 897 g/mol. The Balaban J connectivity index is 0.877. The van der Waals surface area contributed by atoms with Crippen LogP contribution in [0, 0.1) is 0 Å². The van der Waals surface area contributed by atoms with Crippen LogP contribution in [0.15, 0.2) is 279 Å². The molecule has 0 amide bonds. The summed E-state index contributed by atoms with van der Waals surface area (Å²) in [6.45, 7) is 0. The second-order valence-electron chi connectivity index (χ2n) is 18.4. The Morgan fingerprint density at radius 3 is 1.43 bits per heavy atom. The van der Waals surface area contributed by atoms with Crippen molar-refractivity contribution in [1.82, 2.24) is 0 Å². The van der Waals surface area contributed by atoms with Crippen LogP contribution in [0.25, 0.3) is 44.5 Å². The number of anilines is 5. The third-order valence-corrected chi connectivity index (χ3v) is 19.6. The summed E-state index contributed by atoms with van der Waals surface area (Å²) < 4.78 is 0. The summed E-state index contributed by atoms with van der Waals surface area (Å²) in [5.74, 6) is 0.315. The molecule has 10 aromatic carbocycles. The fourth-order valence-corrected chi connectivity index (χ4v) is 16.7. The number of rotatable bonds is 9. The van der Waals surface area contributed by atoms with Crippen molar-refractivity contribution >= 4 is 57.3 Å². The van der Waals surface area contributed by atoms with Gasteiger partial charge in [-0.2, -0.15) is 0 Å². The molecule has 0 fully saturated rings. The largest absolute Gasteiger partial charge is 0.333 e. The lowest BCUT2D eigenvalue weighted by Crippen LogP contribution is -2.72. The van der Waals surface area contributed by atoms with Crippen molar-refractivity contribution in [2.75, 3.05) is 9.80 Å². The van der Waals surface area contributed by atoms with E-state index < -0.39 is 8.07 Å². The molecule has 0 saturated heterocycles. The van der Waals surface area contributed by atoms with E-state index in [-0.39, 0.29) is 6.04 Å². The van der Waals surface area contributed by atoms with E-state index in [9.17, 15) is 0 Å². The fraction of sp³-hybridized carbons (Fsp3) is 0.0303. The number of hydrogen-bond acceptors (Lipinski definition) is 2. The van der Waals surface area contributed by atoms with Crippen molar-refractivity contribution in [1.29, 1.82) is 0 Å². The van der Waals surface area contributed by atoms with E-state index in [1.807, 2.05) is 0 Å². The first-order chi connectivity index (χ1) is 34.2. The highest BCUT2D eigenvalue weighted by molar-refractivity contribution is 7.22. The molecule has 2 nitrogen and oxygen atoms in total. The van der Waals surface area contributed by atoms with E-state index in [0.717, 1.165) is 17.1 Å². The molecule has 13 rings (SSSR count). The number of allylic oxidation sites excluding steroid dienone is 2. The van der Waals surface area contributed by atoms with Gasteiger partial charge in [0, 0.05) is 34.4 Å². The third-order valence-electron chi connectivity index (χ3n) is 14.7. The first kappa shape index (κ1) is 40.7. The second-order valence-corrected chi connectivity index (χ2v) is 22.1. The molecule has 3 heteroatoms. The minimum absolute atomic E-state index is 0.274. The van der Waals surface area contributed by atoms with Crippen LogP contribution in [0.2, 0.25) is 0 Å². The molecule has 0 N–H and O–H groups in total. The zero-order valence-electron chi connectivity index (χ0n) is 38.1. The number of benzene rings is 10. The predicted molar refractivity (Wildman–Crippen MR) is 293 cm³/mol. The average Bonchev–Trinajstić information content (AvgIpc) is 3.92. The summed E-state index contributed by atoms with van der Waals surface area (Å²) in [5.41, 5.74) is 17.2. The van der Waals surface area contributed by atoms with Gasteiger partial charge in [-0.3, -0.25) is 0 Å². The van der Waals surface area contributed by atoms with Crippen molar-refractivity contribution in [3.05, 3.63) is 285 Å². The van der Waals surface area contributed by atoms with Crippen LogP contribution in [-0.4, -0.2) is 14.1 Å². The lowest BCUT2D eigenvalue weighted by atomic mass is 9.89. The quantitative estimate of drug-likeness (QED) is 0.133. The summed E-state index contributed by atoms with van der Waals surface area (Å²) in [6, 6.07) is 94.9. The van der Waals surface area contributed by atoms with E-state index in [1.54, 1.807) is 0 Å². The lowest BCUT2D eigenvalue weighted by Gasteiger charge is -2.32. The Bertz CT molecular complexity index is 3490. The fourth-order valence-electron chi connectivity index (χ4n) is 11.5. The highest BCUT2D eigenvalue weighted by Gasteiger charge is 2.49. The van der Waals surface area contributed by atoms with Crippen LogP contribution in [0.1, 0.15) is 11.5 Å². The van der Waals surface area contributed by atoms with Crippen molar-refractivity contribution in [3.8, 4) is 44.5 Å². The zero-order valence-corrected chi connectivity index (χ0v) is 39.1. The summed E-state index contributed by atoms with van der Waals surface area (Å²) >= 11 is 0. The molecule has 0 spiro atoms. The normalized spacial score (nSPS) is 15.8. The number of nitrogens with zero attached hydrogens (tertiary/aromatic N) is 2. The summed E-state index contributed by atoms with van der Waals surface area (Å²) in [4.78, 5) is 4.93. The Morgan fingerprint density at radius 1 is 0.348 bits per heavy atom. The molecular weight excluding hydrogens is 849 g/mol. The Labute approximate surface area is 406 Å². The molecule has 2 unspecified atom stereocenters. The number of fused-ring (bicyclic) bond motifs is 6. The van der Waals surface area contributed by atoms with E-state index in [4.69, 9.17) is 0 Å². The van der Waals surface area contributed by atoms with Crippen LogP contribution in [0.5, 0.6) is 0 Å². The van der Waals surface area contributed by atoms with Crippen molar-refractivity contribution in [3.63, 3.8) is 0 Å². The van der Waals surface area contributed by atoms with Crippen LogP contribution >= 0.6 is 0 Å². The van der Waals surface area contributed by atoms with Crippen LogP contribution < -0.4 is 30.5 Å². The molecule has 2 aliphatic heterocycles. The highest BCUT2D eigenvalue weighted by atomic mass is 28.3. The Hall–Kier alpha value is -8.50. The Kier molecular flexibility index (Phi) is 10.0. The molecule has 326 valence electrons. The summed E-state index contributed by atoms with van der Waals surface area (Å²) in [5, 5.41) is 5.66. The van der Waals surface area contributed by atoms with Crippen LogP contribution in [-0.2, 0) is 0 Å². The minimum Gasteiger partial charge on any atom is -0.333 e. The molecule has 1 aliphatic carbocycles. The molecule has 10 aromatic rings. The lowest BCUT2D eigenvalue weighted by molar-refractivity contribution is 0.745. The molecule has 2 atom stereocenters. The Morgan fingerprint density at radius 2 is 0.812 bits per heavy atom. The van der Waals surface area contributed by atoms with Gasteiger partial charge in [0.05, 0.1) is 6.04 Å². The van der Waals surface area contributed by atoms with Gasteiger partial charge in [-0.25, -0.2) is 0 Å². The van der Waals surface area contributed by atoms with Crippen LogP contribution in [0.3, 0.4) is 0 Å². The topological polar surface area (TPSA) is 6.48 Å². The maximum atomic E-state index is 2.51. The first-order valence-corrected chi connectivity index (χ1v) is 26.1. The molecule has 0 saturated carbocycles. The van der Waals surface area contributed by atoms with Gasteiger partial charge in [0.2, 0.25) is 0 Å². The molecule has 3 aliphatic rings. The van der Waals surface area contributed by atoms with Gasteiger partial charge in [0.15, 0.2) is 8.07 Å². The number of hydrogen-bond donors (Lipinski definition) is 0. The van der Waals surface area contributed by atoms with E-state index >= 15 is 0 Å². The zero-order chi connectivity index (χ0) is 45.7. The van der Waals surface area contributed by atoms with Crippen molar-refractivity contribution in [2.45, 2.75) is 12.0 Å². The monoisotopic (exact) mass is 896 g/mol. The van der Waals surface area contributed by atoms with Crippen molar-refractivity contribution < 1.29 is 0 Å². The summed E-state index contributed by atoms with van der Waals surface area (Å²) in [7, 11) is -2.71. The molecule has 0 radical (unpaired) electrons. The maximum Gasteiger partial charge on any atom is 0.180 e. The van der Waals surface area contributed by atoms with Gasteiger partial charge < -0.3 is 9.80 Å². The third kappa shape index (κ3) is 6.85. The van der Waals surface area contributed by atoms with Crippen molar-refractivity contribution in [2.24, 2.45) is 0 Å². The van der Waals surface area contributed by atoms with Gasteiger partial charge in [-0.15, -0.1) is 0 Å². The predicted octanol–water partition coefficient (Wildman–Crippen LogP) is 14.2. The molecule has 2 heterocycles. The van der Waals surface area contributed by atoms with Gasteiger partial charge >= 0.3 is 0 Å². The molecular formula is C66H48N2Si. The molecule has 0 aromatic heterocycles. The molecule has 0 bridgehead atoms. The van der Waals surface area contributed by atoms with Gasteiger partial charge in [-0.05, 0) is 131 Å². The van der Waals surface area contributed by atoms with E-state index in [2.05, 4.69) is 289 Å². The van der Waals surface area contributed by atoms with Gasteiger partial charge in [0.25, 0.3) is 0 Å². The van der Waals surface area contributed by atoms with Crippen LogP contribution in [0.4, 0.5) is 28.4 Å². The molecule has 69 heavy (non-hydrogen) atoms. The SMILES string of the molecule is C1=CC2c3cc(-c4ccc(-c5ccc(N(c6ccc(-c7ccccc7)cc6)c6ccc7c(c6)[Si](c6ccccc6)(c6ccccc6)c6ccccc6-7)cc5)cc4)ccc3N(c3ccccc3)C2C=C1. The smallest absolute Gasteiger partial charge is 0.180 e. The minimum atomic E-state index is -2.71. The maximum absolute atomic E-state index is 2.71. The standard InChI is InChI=1S/C66H48N2Si/c1-5-17-47(18-6-1)49-33-38-54(39-34-49)67(56-42-43-61-60-26-14-16-28-65(60)69(66(61)46-56,57-21-9-3-10-22-57)58-23-11-4-12-24-58)55-40-35-50(36-41-55)48-29-31-51(32-30-48)52-37-44-64-62(45-52)59-25-13-15-27-63(59)68(64)53-19-7-2-8-20-53/h1-46,59,63H. The first-order valence-electron chi connectivity index (χ1n) is 24.1. The van der Waals surface area contributed by atoms with Gasteiger partial charge in [-0.1, -0.05) is 218 Å².